The van der Waals surface area contributed by atoms with Gasteiger partial charge in [-0.15, -0.1) is 0 Å². The van der Waals surface area contributed by atoms with E-state index in [4.69, 9.17) is 0 Å². The molecule has 0 aromatic carbocycles. The lowest BCUT2D eigenvalue weighted by atomic mass is 9.77. The van der Waals surface area contributed by atoms with Crippen LogP contribution in [0.2, 0.25) is 0 Å². The molecular weight excluding hydrogens is 316 g/mol. The molecule has 1 aliphatic rings. The third kappa shape index (κ3) is 4.69. The highest BCUT2D eigenvalue weighted by molar-refractivity contribution is 9.09. The fraction of sp³-hybridized carbons (Fsp3) is 0.929. The van der Waals surface area contributed by atoms with E-state index in [2.05, 4.69) is 29.8 Å². The molecule has 0 unspecified atom stereocenters. The van der Waals surface area contributed by atoms with Crippen molar-refractivity contribution in [1.29, 1.82) is 0 Å². The van der Waals surface area contributed by atoms with E-state index in [-0.39, 0.29) is 11.3 Å². The summed E-state index contributed by atoms with van der Waals surface area (Å²) in [6.07, 6.45) is 2.14. The van der Waals surface area contributed by atoms with Crippen LogP contribution in [0.5, 0.6) is 0 Å². The highest BCUT2D eigenvalue weighted by Crippen LogP contribution is 2.44. The fourth-order valence-corrected chi connectivity index (χ4v) is 3.65. The molecule has 0 spiro atoms. The second kappa shape index (κ2) is 7.55. The Hall–Kier alpha value is -0.190. The number of amides is 1. The maximum absolute atomic E-state index is 12.7. The van der Waals surface area contributed by atoms with Crippen molar-refractivity contribution < 1.29 is 13.6 Å². The van der Waals surface area contributed by atoms with Gasteiger partial charge in [-0.05, 0) is 25.2 Å². The Kier molecular flexibility index (Phi) is 6.71. The number of carbonyl (C=O) groups excluding carboxylic acids is 1. The van der Waals surface area contributed by atoms with Gasteiger partial charge in [0.25, 0.3) is 6.43 Å². The van der Waals surface area contributed by atoms with E-state index in [0.717, 1.165) is 32.1 Å². The summed E-state index contributed by atoms with van der Waals surface area (Å²) in [4.78, 5) is 14.1. The lowest BCUT2D eigenvalue weighted by Crippen LogP contribution is -2.46. The predicted molar refractivity (Wildman–Crippen MR) is 76.7 cm³/mol. The number of alkyl halides is 3. The molecule has 1 fully saturated rings. The Morgan fingerprint density at radius 1 is 1.32 bits per heavy atom. The van der Waals surface area contributed by atoms with Crippen LogP contribution in [-0.2, 0) is 4.79 Å². The van der Waals surface area contributed by atoms with Crippen molar-refractivity contribution in [1.82, 2.24) is 4.90 Å². The van der Waals surface area contributed by atoms with Crippen LogP contribution in [0.4, 0.5) is 8.78 Å². The predicted octanol–water partition coefficient (Wildman–Crippen LogP) is 4.08. The van der Waals surface area contributed by atoms with E-state index in [0.29, 0.717) is 17.8 Å². The first-order valence-corrected chi connectivity index (χ1v) is 8.17. The monoisotopic (exact) mass is 339 g/mol. The Morgan fingerprint density at radius 2 is 1.89 bits per heavy atom. The normalized spacial score (nSPS) is 18.3. The molecule has 0 atom stereocenters. The molecule has 0 aromatic heterocycles. The van der Waals surface area contributed by atoms with Crippen LogP contribution in [-0.4, -0.2) is 35.7 Å². The van der Waals surface area contributed by atoms with E-state index >= 15 is 0 Å². The molecule has 5 heteroatoms. The van der Waals surface area contributed by atoms with Gasteiger partial charge < -0.3 is 4.90 Å². The summed E-state index contributed by atoms with van der Waals surface area (Å²) in [7, 11) is 0. The van der Waals surface area contributed by atoms with Crippen molar-refractivity contribution in [2.24, 2.45) is 11.3 Å². The van der Waals surface area contributed by atoms with Gasteiger partial charge in [0.2, 0.25) is 5.91 Å². The molecule has 1 aliphatic carbocycles. The molecule has 2 nitrogen and oxygen atoms in total. The molecule has 1 amide bonds. The van der Waals surface area contributed by atoms with Crippen molar-refractivity contribution >= 4 is 21.8 Å². The summed E-state index contributed by atoms with van der Waals surface area (Å²) in [5.74, 6) is 0.359. The summed E-state index contributed by atoms with van der Waals surface area (Å²) in [5, 5.41) is 0.545. The Balaban J connectivity index is 2.83. The zero-order chi connectivity index (χ0) is 14.5. The van der Waals surface area contributed by atoms with Gasteiger partial charge in [0.05, 0.1) is 6.54 Å². The minimum Gasteiger partial charge on any atom is -0.336 e. The van der Waals surface area contributed by atoms with E-state index in [1.54, 1.807) is 0 Å². The van der Waals surface area contributed by atoms with Gasteiger partial charge in [-0.2, -0.15) is 0 Å². The van der Waals surface area contributed by atoms with Gasteiger partial charge >= 0.3 is 0 Å². The first-order chi connectivity index (χ1) is 8.91. The smallest absolute Gasteiger partial charge is 0.255 e. The second-order valence-corrected chi connectivity index (χ2v) is 6.71. The first-order valence-electron chi connectivity index (χ1n) is 7.05. The maximum Gasteiger partial charge on any atom is 0.255 e. The molecule has 0 aliphatic heterocycles. The van der Waals surface area contributed by atoms with Gasteiger partial charge in [0, 0.05) is 17.3 Å². The van der Waals surface area contributed by atoms with Crippen LogP contribution >= 0.6 is 15.9 Å². The Morgan fingerprint density at radius 3 is 2.32 bits per heavy atom. The van der Waals surface area contributed by atoms with Gasteiger partial charge in [0.15, 0.2) is 0 Å². The minimum atomic E-state index is -2.46. The fourth-order valence-electron chi connectivity index (χ4n) is 3.22. The number of rotatable bonds is 7. The minimum absolute atomic E-state index is 0.0570. The van der Waals surface area contributed by atoms with Crippen LogP contribution in [0.25, 0.3) is 0 Å². The van der Waals surface area contributed by atoms with Gasteiger partial charge in [-0.1, -0.05) is 42.6 Å². The lowest BCUT2D eigenvalue weighted by Gasteiger charge is -2.35. The molecule has 112 valence electrons. The standard InChI is InChI=1S/C14H24BrF2NO/c1-11(2)9-14(5-3-4-6-14)13(19)18(8-7-15)10-12(16)17/h11-12H,3-10H2,1-2H3. The summed E-state index contributed by atoms with van der Waals surface area (Å²) in [5.41, 5.74) is -0.384. The number of hydrogen-bond acceptors (Lipinski definition) is 1. The number of hydrogen-bond donors (Lipinski definition) is 0. The number of carbonyl (C=O) groups is 1. The molecule has 19 heavy (non-hydrogen) atoms. The van der Waals surface area contributed by atoms with Crippen LogP contribution in [0, 0.1) is 11.3 Å². The lowest BCUT2D eigenvalue weighted by molar-refractivity contribution is -0.144. The Bertz CT molecular complexity index is 291. The third-order valence-corrected chi connectivity index (χ3v) is 4.17. The molecule has 1 rings (SSSR count). The molecular formula is C14H24BrF2NO. The van der Waals surface area contributed by atoms with Crippen LogP contribution in [0.3, 0.4) is 0 Å². The third-order valence-electron chi connectivity index (χ3n) is 3.81. The summed E-state index contributed by atoms with van der Waals surface area (Å²) < 4.78 is 25.3. The Labute approximate surface area is 123 Å². The van der Waals surface area contributed by atoms with Crippen molar-refractivity contribution in [3.63, 3.8) is 0 Å². The summed E-state index contributed by atoms with van der Waals surface area (Å²) in [6, 6.07) is 0. The van der Waals surface area contributed by atoms with Gasteiger partial charge in [-0.3, -0.25) is 4.79 Å². The van der Waals surface area contributed by atoms with E-state index in [1.165, 1.54) is 4.90 Å². The average molecular weight is 340 g/mol. The molecule has 0 bridgehead atoms. The molecule has 0 aromatic rings. The molecule has 0 radical (unpaired) electrons. The van der Waals surface area contributed by atoms with Gasteiger partial charge in [0.1, 0.15) is 0 Å². The number of nitrogens with zero attached hydrogens (tertiary/aromatic N) is 1. The van der Waals surface area contributed by atoms with Gasteiger partial charge in [-0.25, -0.2) is 8.78 Å². The largest absolute Gasteiger partial charge is 0.336 e. The molecule has 0 N–H and O–H groups in total. The SMILES string of the molecule is CC(C)CC1(C(=O)N(CCBr)CC(F)F)CCCC1. The maximum atomic E-state index is 12.7. The molecule has 1 saturated carbocycles. The zero-order valence-electron chi connectivity index (χ0n) is 11.8. The first kappa shape index (κ1) is 16.9. The second-order valence-electron chi connectivity index (χ2n) is 5.92. The van der Waals surface area contributed by atoms with E-state index in [1.807, 2.05) is 0 Å². The quantitative estimate of drug-likeness (QED) is 0.640. The van der Waals surface area contributed by atoms with Crippen LogP contribution in [0.1, 0.15) is 46.0 Å². The van der Waals surface area contributed by atoms with Crippen molar-refractivity contribution in [3.8, 4) is 0 Å². The van der Waals surface area contributed by atoms with E-state index in [9.17, 15) is 13.6 Å². The highest BCUT2D eigenvalue weighted by atomic mass is 79.9. The summed E-state index contributed by atoms with van der Waals surface area (Å²) >= 11 is 3.25. The highest BCUT2D eigenvalue weighted by Gasteiger charge is 2.43. The van der Waals surface area contributed by atoms with E-state index < -0.39 is 13.0 Å². The average Bonchev–Trinajstić information content (AvgIpc) is 2.75. The molecule has 0 saturated heterocycles. The van der Waals surface area contributed by atoms with Crippen molar-refractivity contribution in [2.75, 3.05) is 18.4 Å². The zero-order valence-corrected chi connectivity index (χ0v) is 13.4. The molecule has 0 heterocycles. The van der Waals surface area contributed by atoms with Crippen LogP contribution < -0.4 is 0 Å². The topological polar surface area (TPSA) is 20.3 Å². The summed E-state index contributed by atoms with van der Waals surface area (Å²) in [6.45, 7) is 4.11. The van der Waals surface area contributed by atoms with Crippen LogP contribution in [0.15, 0.2) is 0 Å². The number of halogens is 3. The van der Waals surface area contributed by atoms with Crippen molar-refractivity contribution in [3.05, 3.63) is 0 Å². The van der Waals surface area contributed by atoms with Crippen molar-refractivity contribution in [2.45, 2.75) is 52.4 Å².